The number of hydrogen-bond donors (Lipinski definition) is 1. The van der Waals surface area contributed by atoms with Crippen molar-refractivity contribution in [3.8, 4) is 5.75 Å². The first kappa shape index (κ1) is 16.5. The number of carbonyl (C=O) groups excluding carboxylic acids is 2. The molecule has 2 amide bonds. The number of likely N-dealkylation sites (tertiary alicyclic amines) is 1. The van der Waals surface area contributed by atoms with E-state index < -0.39 is 0 Å². The molecule has 0 saturated carbocycles. The van der Waals surface area contributed by atoms with Crippen LogP contribution in [0, 0.1) is 5.92 Å². The quantitative estimate of drug-likeness (QED) is 0.764. The number of hydrogen-bond acceptors (Lipinski definition) is 6. The molecule has 0 aliphatic carbocycles. The normalized spacial score (nSPS) is 14.1. The minimum Gasteiger partial charge on any atom is -0.497 e. The van der Waals surface area contributed by atoms with Gasteiger partial charge in [0.2, 0.25) is 5.91 Å². The molecule has 1 saturated heterocycles. The molecule has 2 heterocycles. The van der Waals surface area contributed by atoms with Crippen molar-refractivity contribution in [2.75, 3.05) is 25.5 Å². The van der Waals surface area contributed by atoms with Gasteiger partial charge in [0.05, 0.1) is 24.8 Å². The molecule has 8 heteroatoms. The molecule has 0 radical (unpaired) electrons. The monoisotopic (exact) mass is 368 g/mol. The number of anilines is 1. The molecule has 0 unspecified atom stereocenters. The van der Waals surface area contributed by atoms with Crippen LogP contribution in [0.15, 0.2) is 42.5 Å². The molecular formula is C18H16N4O3S. The van der Waals surface area contributed by atoms with Gasteiger partial charge in [-0.05, 0) is 30.3 Å². The van der Waals surface area contributed by atoms with Crippen LogP contribution in [0.3, 0.4) is 0 Å². The Labute approximate surface area is 153 Å². The fourth-order valence-corrected chi connectivity index (χ4v) is 3.37. The van der Waals surface area contributed by atoms with E-state index in [9.17, 15) is 9.59 Å². The van der Waals surface area contributed by atoms with Gasteiger partial charge in [0, 0.05) is 30.4 Å². The van der Waals surface area contributed by atoms with Crippen molar-refractivity contribution in [3.63, 3.8) is 0 Å². The van der Waals surface area contributed by atoms with Crippen molar-refractivity contribution in [3.05, 3.63) is 48.0 Å². The highest BCUT2D eigenvalue weighted by Gasteiger charge is 2.36. The number of fused-ring (bicyclic) bond motifs is 1. The van der Waals surface area contributed by atoms with Crippen molar-refractivity contribution < 1.29 is 14.3 Å². The average molecular weight is 368 g/mol. The number of nitrogens with one attached hydrogen (secondary N) is 1. The zero-order valence-electron chi connectivity index (χ0n) is 14.0. The number of rotatable bonds is 4. The van der Waals surface area contributed by atoms with Crippen molar-refractivity contribution in [1.82, 2.24) is 13.6 Å². The Hall–Kier alpha value is -3.00. The topological polar surface area (TPSA) is 84.4 Å². The lowest BCUT2D eigenvalue weighted by Gasteiger charge is -2.38. The summed E-state index contributed by atoms with van der Waals surface area (Å²) in [6.45, 7) is 0.809. The summed E-state index contributed by atoms with van der Waals surface area (Å²) in [5, 5.41) is 2.86. The second-order valence-corrected chi connectivity index (χ2v) is 6.62. The maximum Gasteiger partial charge on any atom is 0.253 e. The van der Waals surface area contributed by atoms with E-state index in [1.165, 1.54) is 0 Å². The van der Waals surface area contributed by atoms with Gasteiger partial charge in [-0.1, -0.05) is 6.07 Å². The SMILES string of the molecule is COc1cccc(NC(=O)C2CN(C(=O)c3ccc4nsnc4c3)C2)c1. The van der Waals surface area contributed by atoms with Crippen LogP contribution >= 0.6 is 11.7 Å². The van der Waals surface area contributed by atoms with Crippen LogP contribution in [0.4, 0.5) is 5.69 Å². The van der Waals surface area contributed by atoms with Crippen LogP contribution in [-0.2, 0) is 4.79 Å². The lowest BCUT2D eigenvalue weighted by molar-refractivity contribution is -0.123. The van der Waals surface area contributed by atoms with E-state index in [1.54, 1.807) is 42.3 Å². The van der Waals surface area contributed by atoms with Crippen LogP contribution in [0.5, 0.6) is 5.75 Å². The van der Waals surface area contributed by atoms with E-state index in [0.717, 1.165) is 17.2 Å². The van der Waals surface area contributed by atoms with Gasteiger partial charge < -0.3 is 15.0 Å². The fraction of sp³-hybridized carbons (Fsp3) is 0.222. The number of methoxy groups -OCH3 is 1. The number of amides is 2. The average Bonchev–Trinajstić information content (AvgIpc) is 3.08. The first-order chi connectivity index (χ1) is 12.6. The molecule has 1 aliphatic heterocycles. The highest BCUT2D eigenvalue weighted by atomic mass is 32.1. The van der Waals surface area contributed by atoms with E-state index in [1.807, 2.05) is 12.1 Å². The van der Waals surface area contributed by atoms with E-state index in [2.05, 4.69) is 14.1 Å². The van der Waals surface area contributed by atoms with E-state index in [4.69, 9.17) is 4.74 Å². The van der Waals surface area contributed by atoms with E-state index in [0.29, 0.717) is 35.6 Å². The predicted octanol–water partition coefficient (Wildman–Crippen LogP) is 2.41. The van der Waals surface area contributed by atoms with Gasteiger partial charge in [0.1, 0.15) is 16.8 Å². The molecule has 7 nitrogen and oxygen atoms in total. The van der Waals surface area contributed by atoms with Gasteiger partial charge in [0.15, 0.2) is 0 Å². The summed E-state index contributed by atoms with van der Waals surface area (Å²) in [5.74, 6) is 0.279. The minimum atomic E-state index is -0.213. The van der Waals surface area contributed by atoms with Gasteiger partial charge in [-0.15, -0.1) is 0 Å². The molecule has 3 aromatic rings. The summed E-state index contributed by atoms with van der Waals surface area (Å²) in [7, 11) is 1.58. The zero-order chi connectivity index (χ0) is 18.1. The van der Waals surface area contributed by atoms with Gasteiger partial charge in [-0.2, -0.15) is 8.75 Å². The lowest BCUT2D eigenvalue weighted by Crippen LogP contribution is -2.54. The Morgan fingerprint density at radius 1 is 1.15 bits per heavy atom. The Balaban J connectivity index is 1.36. The maximum absolute atomic E-state index is 12.5. The molecule has 4 rings (SSSR count). The van der Waals surface area contributed by atoms with Gasteiger partial charge in [0.25, 0.3) is 5.91 Å². The third-order valence-corrected chi connectivity index (χ3v) is 4.93. The summed E-state index contributed by atoms with van der Waals surface area (Å²) in [4.78, 5) is 26.5. The Kier molecular flexibility index (Phi) is 4.26. The van der Waals surface area contributed by atoms with Gasteiger partial charge >= 0.3 is 0 Å². The minimum absolute atomic E-state index is 0.0923. The molecular weight excluding hydrogens is 352 g/mol. The summed E-state index contributed by atoms with van der Waals surface area (Å²) in [6.07, 6.45) is 0. The van der Waals surface area contributed by atoms with Crippen LogP contribution < -0.4 is 10.1 Å². The zero-order valence-corrected chi connectivity index (χ0v) is 14.8. The molecule has 0 bridgehead atoms. The molecule has 1 aliphatic rings. The Bertz CT molecular complexity index is 981. The van der Waals surface area contributed by atoms with Crippen LogP contribution in [0.1, 0.15) is 10.4 Å². The summed E-state index contributed by atoms with van der Waals surface area (Å²) < 4.78 is 13.4. The number of aromatic nitrogens is 2. The molecule has 132 valence electrons. The predicted molar refractivity (Wildman–Crippen MR) is 98.4 cm³/mol. The fourth-order valence-electron chi connectivity index (χ4n) is 2.85. The maximum atomic E-state index is 12.5. The van der Waals surface area contributed by atoms with E-state index >= 15 is 0 Å². The first-order valence-corrected chi connectivity index (χ1v) is 8.83. The lowest BCUT2D eigenvalue weighted by atomic mass is 9.97. The van der Waals surface area contributed by atoms with Crippen molar-refractivity contribution in [2.24, 2.45) is 5.92 Å². The van der Waals surface area contributed by atoms with Crippen LogP contribution in [0.25, 0.3) is 11.0 Å². The van der Waals surface area contributed by atoms with Gasteiger partial charge in [-0.3, -0.25) is 9.59 Å². The van der Waals surface area contributed by atoms with Crippen molar-refractivity contribution >= 4 is 40.3 Å². The summed E-state index contributed by atoms with van der Waals surface area (Å²) in [5.41, 5.74) is 2.75. The van der Waals surface area contributed by atoms with Gasteiger partial charge in [-0.25, -0.2) is 0 Å². The molecule has 1 N–H and O–H groups in total. The van der Waals surface area contributed by atoms with E-state index in [-0.39, 0.29) is 17.7 Å². The highest BCUT2D eigenvalue weighted by molar-refractivity contribution is 7.00. The molecule has 1 aromatic heterocycles. The van der Waals surface area contributed by atoms with Crippen molar-refractivity contribution in [1.29, 1.82) is 0 Å². The molecule has 26 heavy (non-hydrogen) atoms. The van der Waals surface area contributed by atoms with Crippen LogP contribution in [-0.4, -0.2) is 45.7 Å². The highest BCUT2D eigenvalue weighted by Crippen LogP contribution is 2.23. The van der Waals surface area contributed by atoms with Crippen molar-refractivity contribution in [2.45, 2.75) is 0 Å². The molecule has 0 atom stereocenters. The third-order valence-electron chi connectivity index (χ3n) is 4.38. The first-order valence-electron chi connectivity index (χ1n) is 8.10. The molecule has 0 spiro atoms. The largest absolute Gasteiger partial charge is 0.497 e. The standard InChI is InChI=1S/C18H16N4O3S/c1-25-14-4-2-3-13(8-14)19-17(23)12-9-22(10-12)18(24)11-5-6-15-16(7-11)21-26-20-15/h2-8,12H,9-10H2,1H3,(H,19,23). The Morgan fingerprint density at radius 2 is 1.96 bits per heavy atom. The van der Waals surface area contributed by atoms with Crippen LogP contribution in [0.2, 0.25) is 0 Å². The number of ether oxygens (including phenoxy) is 1. The number of nitrogens with zero attached hydrogens (tertiary/aromatic N) is 3. The Morgan fingerprint density at radius 3 is 2.77 bits per heavy atom. The second kappa shape index (κ2) is 6.72. The summed E-state index contributed by atoms with van der Waals surface area (Å²) in [6, 6.07) is 12.5. The number of benzene rings is 2. The third kappa shape index (κ3) is 3.11. The smallest absolute Gasteiger partial charge is 0.253 e. The second-order valence-electron chi connectivity index (χ2n) is 6.10. The number of carbonyl (C=O) groups is 2. The summed E-state index contributed by atoms with van der Waals surface area (Å²) >= 11 is 1.12. The molecule has 2 aromatic carbocycles. The molecule has 1 fully saturated rings.